The second-order valence-corrected chi connectivity index (χ2v) is 4.86. The highest BCUT2D eigenvalue weighted by Gasteiger charge is 2.30. The van der Waals surface area contributed by atoms with Gasteiger partial charge in [0.1, 0.15) is 0 Å². The van der Waals surface area contributed by atoms with Crippen LogP contribution < -0.4 is 5.32 Å². The number of hydrogen-bond donors (Lipinski definition) is 1. The van der Waals surface area contributed by atoms with E-state index in [0.29, 0.717) is 6.42 Å². The molecule has 0 aliphatic carbocycles. The van der Waals surface area contributed by atoms with Crippen molar-refractivity contribution in [3.63, 3.8) is 0 Å². The van der Waals surface area contributed by atoms with Crippen LogP contribution in [0.3, 0.4) is 0 Å². The molecule has 2 nitrogen and oxygen atoms in total. The molecule has 0 saturated heterocycles. The van der Waals surface area contributed by atoms with Crippen molar-refractivity contribution in [3.8, 4) is 0 Å². The molecule has 114 valence electrons. The topological polar surface area (TPSA) is 21.3 Å². The summed E-state index contributed by atoms with van der Waals surface area (Å²) in [5.41, 5.74) is 0.259. The number of likely N-dealkylation sites (N-methyl/N-ethyl adjacent to an activating group) is 1. The van der Waals surface area contributed by atoms with E-state index in [1.807, 2.05) is 7.05 Å². The van der Waals surface area contributed by atoms with E-state index in [2.05, 4.69) is 12.2 Å². The van der Waals surface area contributed by atoms with E-state index in [-0.39, 0.29) is 12.1 Å². The van der Waals surface area contributed by atoms with Gasteiger partial charge in [0, 0.05) is 13.2 Å². The summed E-state index contributed by atoms with van der Waals surface area (Å²) in [5, 5.41) is 3.18. The highest BCUT2D eigenvalue weighted by molar-refractivity contribution is 5.25. The molecule has 1 aromatic rings. The first-order valence-corrected chi connectivity index (χ1v) is 6.78. The number of ether oxygens (including phenoxy) is 1. The summed E-state index contributed by atoms with van der Waals surface area (Å²) < 4.78 is 42.9. The zero-order valence-corrected chi connectivity index (χ0v) is 12.1. The van der Waals surface area contributed by atoms with E-state index in [1.54, 1.807) is 7.11 Å². The third-order valence-electron chi connectivity index (χ3n) is 3.43. The van der Waals surface area contributed by atoms with Gasteiger partial charge in [-0.3, -0.25) is 0 Å². The lowest BCUT2D eigenvalue weighted by Gasteiger charge is -2.25. The molecule has 0 aliphatic rings. The molecule has 2 atom stereocenters. The van der Waals surface area contributed by atoms with Crippen LogP contribution in [-0.4, -0.2) is 26.3 Å². The fourth-order valence-corrected chi connectivity index (χ4v) is 2.27. The molecule has 0 aliphatic heterocycles. The van der Waals surface area contributed by atoms with Gasteiger partial charge < -0.3 is 10.1 Å². The van der Waals surface area contributed by atoms with Gasteiger partial charge >= 0.3 is 6.18 Å². The number of benzene rings is 1. The molecule has 0 heterocycles. The second kappa shape index (κ2) is 7.64. The van der Waals surface area contributed by atoms with Crippen molar-refractivity contribution < 1.29 is 17.9 Å². The van der Waals surface area contributed by atoms with Crippen LogP contribution in [0.1, 0.15) is 30.9 Å². The van der Waals surface area contributed by atoms with Crippen molar-refractivity contribution in [2.24, 2.45) is 0 Å². The fourth-order valence-electron chi connectivity index (χ4n) is 2.27. The quantitative estimate of drug-likeness (QED) is 0.827. The number of rotatable bonds is 7. The molecule has 5 heteroatoms. The van der Waals surface area contributed by atoms with Crippen molar-refractivity contribution in [2.45, 2.75) is 44.5 Å². The summed E-state index contributed by atoms with van der Waals surface area (Å²) in [7, 11) is 3.51. The van der Waals surface area contributed by atoms with Gasteiger partial charge in [-0.1, -0.05) is 25.5 Å². The molecule has 0 fully saturated rings. The monoisotopic (exact) mass is 289 g/mol. The van der Waals surface area contributed by atoms with Gasteiger partial charge in [0.2, 0.25) is 0 Å². The van der Waals surface area contributed by atoms with Crippen molar-refractivity contribution in [2.75, 3.05) is 14.2 Å². The minimum atomic E-state index is -4.28. The van der Waals surface area contributed by atoms with Gasteiger partial charge in [0.25, 0.3) is 0 Å². The first-order valence-electron chi connectivity index (χ1n) is 6.78. The highest BCUT2D eigenvalue weighted by atomic mass is 19.4. The number of halogens is 3. The smallest absolute Gasteiger partial charge is 0.380 e. The molecule has 0 aromatic heterocycles. The lowest BCUT2D eigenvalue weighted by atomic mass is 9.97. The standard InChI is InChI=1S/C15H22F3NO/c1-4-5-14(20-3)13(19-2)10-11-6-8-12(9-7-11)15(16,17)18/h6-9,13-14,19H,4-5,10H2,1-3H3. The van der Waals surface area contributed by atoms with Crippen molar-refractivity contribution in [1.29, 1.82) is 0 Å². The zero-order chi connectivity index (χ0) is 15.2. The summed E-state index contributed by atoms with van der Waals surface area (Å²) >= 11 is 0. The fraction of sp³-hybridized carbons (Fsp3) is 0.600. The first kappa shape index (κ1) is 17.0. The van der Waals surface area contributed by atoms with E-state index >= 15 is 0 Å². The van der Waals surface area contributed by atoms with Crippen molar-refractivity contribution in [3.05, 3.63) is 35.4 Å². The first-order chi connectivity index (χ1) is 9.42. The molecule has 0 amide bonds. The molecule has 1 N–H and O–H groups in total. The SMILES string of the molecule is CCCC(OC)C(Cc1ccc(C(F)(F)F)cc1)NC. The number of hydrogen-bond acceptors (Lipinski definition) is 2. The van der Waals surface area contributed by atoms with Gasteiger partial charge in [-0.2, -0.15) is 13.2 Å². The van der Waals surface area contributed by atoms with Gasteiger partial charge in [-0.05, 0) is 37.6 Å². The molecule has 0 bridgehead atoms. The van der Waals surface area contributed by atoms with Gasteiger partial charge in [-0.15, -0.1) is 0 Å². The Kier molecular flexibility index (Phi) is 6.49. The molecular weight excluding hydrogens is 267 g/mol. The maximum atomic E-state index is 12.5. The summed E-state index contributed by atoms with van der Waals surface area (Å²) in [6.45, 7) is 2.08. The summed E-state index contributed by atoms with van der Waals surface area (Å²) in [4.78, 5) is 0. The molecule has 0 radical (unpaired) electrons. The van der Waals surface area contributed by atoms with Crippen LogP contribution in [0.5, 0.6) is 0 Å². The van der Waals surface area contributed by atoms with Crippen LogP contribution >= 0.6 is 0 Å². The molecular formula is C15H22F3NO. The third-order valence-corrected chi connectivity index (χ3v) is 3.43. The molecule has 1 aromatic carbocycles. The average molecular weight is 289 g/mol. The van der Waals surface area contributed by atoms with E-state index in [9.17, 15) is 13.2 Å². The van der Waals surface area contributed by atoms with E-state index in [1.165, 1.54) is 12.1 Å². The van der Waals surface area contributed by atoms with Crippen LogP contribution in [0.4, 0.5) is 13.2 Å². The average Bonchev–Trinajstić information content (AvgIpc) is 2.42. The Morgan fingerprint density at radius 2 is 1.80 bits per heavy atom. The van der Waals surface area contributed by atoms with Crippen LogP contribution in [-0.2, 0) is 17.3 Å². The van der Waals surface area contributed by atoms with E-state index < -0.39 is 11.7 Å². The minimum Gasteiger partial charge on any atom is -0.380 e. The van der Waals surface area contributed by atoms with Crippen molar-refractivity contribution >= 4 is 0 Å². The minimum absolute atomic E-state index is 0.0623. The van der Waals surface area contributed by atoms with Crippen molar-refractivity contribution in [1.82, 2.24) is 5.32 Å². The van der Waals surface area contributed by atoms with Crippen LogP contribution in [0, 0.1) is 0 Å². The lowest BCUT2D eigenvalue weighted by molar-refractivity contribution is -0.137. The predicted molar refractivity (Wildman–Crippen MR) is 73.7 cm³/mol. The Morgan fingerprint density at radius 1 is 1.20 bits per heavy atom. The summed E-state index contributed by atoms with van der Waals surface area (Å²) in [5.74, 6) is 0. The van der Waals surface area contributed by atoms with Gasteiger partial charge in [-0.25, -0.2) is 0 Å². The molecule has 1 rings (SSSR count). The van der Waals surface area contributed by atoms with Gasteiger partial charge in [0.05, 0.1) is 11.7 Å². The van der Waals surface area contributed by atoms with Gasteiger partial charge in [0.15, 0.2) is 0 Å². The van der Waals surface area contributed by atoms with Crippen LogP contribution in [0.15, 0.2) is 24.3 Å². The second-order valence-electron chi connectivity index (χ2n) is 4.86. The maximum absolute atomic E-state index is 12.5. The third kappa shape index (κ3) is 4.80. The molecule has 0 spiro atoms. The molecule has 20 heavy (non-hydrogen) atoms. The number of nitrogens with one attached hydrogen (secondary N) is 1. The Morgan fingerprint density at radius 3 is 2.20 bits per heavy atom. The zero-order valence-electron chi connectivity index (χ0n) is 12.1. The van der Waals surface area contributed by atoms with E-state index in [0.717, 1.165) is 30.5 Å². The lowest BCUT2D eigenvalue weighted by Crippen LogP contribution is -2.40. The summed E-state index contributed by atoms with van der Waals surface area (Å²) in [6, 6.07) is 5.42. The Labute approximate surface area is 118 Å². The normalized spacial score (nSPS) is 15.1. The van der Waals surface area contributed by atoms with Crippen LogP contribution in [0.2, 0.25) is 0 Å². The highest BCUT2D eigenvalue weighted by Crippen LogP contribution is 2.29. The maximum Gasteiger partial charge on any atom is 0.416 e. The Bertz CT molecular complexity index is 389. The largest absolute Gasteiger partial charge is 0.416 e. The summed E-state index contributed by atoms with van der Waals surface area (Å²) in [6.07, 6.45) is -1.65. The number of alkyl halides is 3. The van der Waals surface area contributed by atoms with Crippen LogP contribution in [0.25, 0.3) is 0 Å². The molecule has 2 unspecified atom stereocenters. The van der Waals surface area contributed by atoms with E-state index in [4.69, 9.17) is 4.74 Å². The molecule has 0 saturated carbocycles. The predicted octanol–water partition coefficient (Wildman–Crippen LogP) is 3.65. The Balaban J connectivity index is 2.75. The Hall–Kier alpha value is -1.07. The number of methoxy groups -OCH3 is 1.